The fourth-order valence-electron chi connectivity index (χ4n) is 3.33. The second-order valence-electron chi connectivity index (χ2n) is 6.78. The molecule has 0 bridgehead atoms. The molecule has 4 aromatic rings. The molecule has 0 radical (unpaired) electrons. The first-order chi connectivity index (χ1) is 13.9. The number of hydrogen-bond donors (Lipinski definition) is 1. The summed E-state index contributed by atoms with van der Waals surface area (Å²) in [7, 11) is -3.52. The summed E-state index contributed by atoms with van der Waals surface area (Å²) in [5, 5.41) is 4.86. The molecule has 0 saturated carbocycles. The maximum atomic E-state index is 12.9. The zero-order valence-electron chi connectivity index (χ0n) is 15.7. The van der Waals surface area contributed by atoms with E-state index in [1.54, 1.807) is 0 Å². The molecule has 1 N–H and O–H groups in total. The molecule has 1 heterocycles. The van der Waals surface area contributed by atoms with Gasteiger partial charge in [0.15, 0.2) is 5.76 Å². The van der Waals surface area contributed by atoms with E-state index in [-0.39, 0.29) is 10.9 Å². The summed E-state index contributed by atoms with van der Waals surface area (Å²) in [4.78, 5) is 12.9. The Labute approximate surface area is 168 Å². The van der Waals surface area contributed by atoms with Crippen molar-refractivity contribution in [3.63, 3.8) is 0 Å². The van der Waals surface area contributed by atoms with Gasteiger partial charge in [0, 0.05) is 6.26 Å². The average molecular weight is 405 g/mol. The summed E-state index contributed by atoms with van der Waals surface area (Å²) in [6.07, 6.45) is 1.04. The number of amides is 1. The van der Waals surface area contributed by atoms with Gasteiger partial charge in [-0.3, -0.25) is 4.79 Å². The molecule has 1 amide bonds. The van der Waals surface area contributed by atoms with Crippen LogP contribution in [0.1, 0.15) is 27.7 Å². The predicted molar refractivity (Wildman–Crippen MR) is 112 cm³/mol. The second-order valence-corrected chi connectivity index (χ2v) is 8.72. The molecule has 0 aliphatic rings. The van der Waals surface area contributed by atoms with Gasteiger partial charge in [-0.05, 0) is 34.0 Å². The summed E-state index contributed by atoms with van der Waals surface area (Å²) < 4.78 is 28.6. The first-order valence-corrected chi connectivity index (χ1v) is 11.0. The summed E-state index contributed by atoms with van der Waals surface area (Å²) in [5.41, 5.74) is 1.85. The van der Waals surface area contributed by atoms with E-state index in [0.29, 0.717) is 0 Å². The quantitative estimate of drug-likeness (QED) is 0.535. The van der Waals surface area contributed by atoms with Crippen LogP contribution in [-0.2, 0) is 9.84 Å². The Morgan fingerprint density at radius 3 is 2.28 bits per heavy atom. The Balaban J connectivity index is 1.76. The van der Waals surface area contributed by atoms with E-state index in [2.05, 4.69) is 5.32 Å². The predicted octanol–water partition coefficient (Wildman–Crippen LogP) is 4.36. The summed E-state index contributed by atoms with van der Waals surface area (Å²) in [6.45, 7) is 0. The van der Waals surface area contributed by atoms with E-state index < -0.39 is 21.8 Å². The molecule has 5 nitrogen and oxygen atoms in total. The second kappa shape index (κ2) is 7.56. The van der Waals surface area contributed by atoms with Crippen LogP contribution in [0.15, 0.2) is 94.4 Å². The molecule has 0 saturated heterocycles. The van der Waals surface area contributed by atoms with Gasteiger partial charge in [-0.15, -0.1) is 0 Å². The highest BCUT2D eigenvalue weighted by molar-refractivity contribution is 7.90. The van der Waals surface area contributed by atoms with E-state index in [1.807, 2.05) is 72.8 Å². The van der Waals surface area contributed by atoms with Gasteiger partial charge in [0.25, 0.3) is 5.91 Å². The van der Waals surface area contributed by atoms with Crippen LogP contribution in [0.3, 0.4) is 0 Å². The minimum atomic E-state index is -3.52. The highest BCUT2D eigenvalue weighted by Crippen LogP contribution is 2.29. The van der Waals surface area contributed by atoms with Crippen molar-refractivity contribution in [3.05, 3.63) is 102 Å². The first-order valence-electron chi connectivity index (χ1n) is 9.07. The SMILES string of the molecule is CS(=O)(=O)c1ccc(C(=O)NC(c2ccccc2)c2cccc3ccccc23)o1. The van der Waals surface area contributed by atoms with Gasteiger partial charge in [-0.25, -0.2) is 8.42 Å². The number of furan rings is 1. The summed E-state index contributed by atoms with van der Waals surface area (Å²) in [6, 6.07) is 25.8. The van der Waals surface area contributed by atoms with Gasteiger partial charge in [0.05, 0.1) is 6.04 Å². The van der Waals surface area contributed by atoms with E-state index in [4.69, 9.17) is 4.42 Å². The van der Waals surface area contributed by atoms with Gasteiger partial charge in [0.2, 0.25) is 14.9 Å². The molecule has 3 aromatic carbocycles. The maximum Gasteiger partial charge on any atom is 0.287 e. The average Bonchev–Trinajstić information content (AvgIpc) is 3.23. The lowest BCUT2D eigenvalue weighted by Crippen LogP contribution is -2.29. The Morgan fingerprint density at radius 1 is 0.862 bits per heavy atom. The molecule has 1 atom stereocenters. The monoisotopic (exact) mass is 405 g/mol. The van der Waals surface area contributed by atoms with E-state index in [1.165, 1.54) is 12.1 Å². The number of nitrogens with one attached hydrogen (secondary N) is 1. The number of fused-ring (bicyclic) bond motifs is 1. The molecule has 4 rings (SSSR count). The fraction of sp³-hybridized carbons (Fsp3) is 0.0870. The third kappa shape index (κ3) is 3.93. The summed E-state index contributed by atoms with van der Waals surface area (Å²) in [5.74, 6) is -0.534. The molecule has 0 spiro atoms. The van der Waals surface area contributed by atoms with Crippen molar-refractivity contribution in [2.75, 3.05) is 6.26 Å². The number of carbonyl (C=O) groups is 1. The molecule has 0 aliphatic carbocycles. The molecule has 0 fully saturated rings. The van der Waals surface area contributed by atoms with Crippen LogP contribution in [0, 0.1) is 0 Å². The number of rotatable bonds is 5. The molecule has 146 valence electrons. The highest BCUT2D eigenvalue weighted by atomic mass is 32.2. The van der Waals surface area contributed by atoms with Crippen molar-refractivity contribution >= 4 is 26.5 Å². The van der Waals surface area contributed by atoms with Gasteiger partial charge >= 0.3 is 0 Å². The van der Waals surface area contributed by atoms with Gasteiger partial charge in [-0.1, -0.05) is 72.8 Å². The van der Waals surface area contributed by atoms with E-state index in [0.717, 1.165) is 28.2 Å². The van der Waals surface area contributed by atoms with E-state index in [9.17, 15) is 13.2 Å². The highest BCUT2D eigenvalue weighted by Gasteiger charge is 2.23. The van der Waals surface area contributed by atoms with Crippen molar-refractivity contribution in [2.24, 2.45) is 0 Å². The number of benzene rings is 3. The Bertz CT molecular complexity index is 1270. The lowest BCUT2D eigenvalue weighted by atomic mass is 9.93. The number of carbonyl (C=O) groups excluding carboxylic acids is 1. The normalized spacial score (nSPS) is 12.6. The van der Waals surface area contributed by atoms with Crippen LogP contribution in [-0.4, -0.2) is 20.6 Å². The van der Waals surface area contributed by atoms with Crippen LogP contribution >= 0.6 is 0 Å². The molecule has 1 unspecified atom stereocenters. The van der Waals surface area contributed by atoms with Crippen molar-refractivity contribution in [3.8, 4) is 0 Å². The van der Waals surface area contributed by atoms with Crippen LogP contribution in [0.5, 0.6) is 0 Å². The molecular weight excluding hydrogens is 386 g/mol. The Hall–Kier alpha value is -3.38. The number of hydrogen-bond acceptors (Lipinski definition) is 4. The van der Waals surface area contributed by atoms with Crippen molar-refractivity contribution in [2.45, 2.75) is 11.1 Å². The van der Waals surface area contributed by atoms with Crippen LogP contribution < -0.4 is 5.32 Å². The van der Waals surface area contributed by atoms with Crippen LogP contribution in [0.4, 0.5) is 0 Å². The first kappa shape index (κ1) is 19.0. The van der Waals surface area contributed by atoms with Crippen molar-refractivity contribution < 1.29 is 17.6 Å². The number of sulfone groups is 1. The fourth-order valence-corrected chi connectivity index (χ4v) is 3.89. The lowest BCUT2D eigenvalue weighted by molar-refractivity contribution is 0.0910. The third-order valence-electron chi connectivity index (χ3n) is 4.71. The zero-order chi connectivity index (χ0) is 20.4. The minimum absolute atomic E-state index is 0.0495. The topological polar surface area (TPSA) is 76.4 Å². The molecule has 29 heavy (non-hydrogen) atoms. The standard InChI is InChI=1S/C23H19NO4S/c1-29(26,27)21-15-14-20(28-21)23(25)24-22(17-9-3-2-4-10-17)19-13-7-11-16-8-5-6-12-18(16)19/h2-15,22H,1H3,(H,24,25). The lowest BCUT2D eigenvalue weighted by Gasteiger charge is -2.21. The molecule has 0 aliphatic heterocycles. The van der Waals surface area contributed by atoms with Crippen molar-refractivity contribution in [1.29, 1.82) is 0 Å². The van der Waals surface area contributed by atoms with Gasteiger partial charge in [-0.2, -0.15) is 0 Å². The molecule has 6 heteroatoms. The zero-order valence-corrected chi connectivity index (χ0v) is 16.5. The molecule has 1 aromatic heterocycles. The van der Waals surface area contributed by atoms with E-state index >= 15 is 0 Å². The maximum absolute atomic E-state index is 12.9. The van der Waals surface area contributed by atoms with Gasteiger partial charge in [0.1, 0.15) is 0 Å². The smallest absolute Gasteiger partial charge is 0.287 e. The van der Waals surface area contributed by atoms with Crippen molar-refractivity contribution in [1.82, 2.24) is 5.32 Å². The minimum Gasteiger partial charge on any atom is -0.440 e. The largest absolute Gasteiger partial charge is 0.440 e. The Kier molecular flexibility index (Phi) is 4.94. The van der Waals surface area contributed by atoms with Crippen LogP contribution in [0.2, 0.25) is 0 Å². The third-order valence-corrected chi connectivity index (χ3v) is 5.66. The van der Waals surface area contributed by atoms with Gasteiger partial charge < -0.3 is 9.73 Å². The Morgan fingerprint density at radius 2 is 1.55 bits per heavy atom. The molecular formula is C23H19NO4S. The summed E-state index contributed by atoms with van der Waals surface area (Å²) >= 11 is 0. The van der Waals surface area contributed by atoms with Crippen LogP contribution in [0.25, 0.3) is 10.8 Å².